The Hall–Kier alpha value is -2.49. The summed E-state index contributed by atoms with van der Waals surface area (Å²) in [6, 6.07) is 14.0. The fourth-order valence-corrected chi connectivity index (χ4v) is 3.51. The van der Waals surface area contributed by atoms with Crippen LogP contribution in [-0.2, 0) is 17.6 Å². The molecule has 0 aliphatic heterocycles. The Labute approximate surface area is 155 Å². The molecule has 1 aliphatic rings. The van der Waals surface area contributed by atoms with E-state index in [-0.39, 0.29) is 18.6 Å². The molecule has 2 aromatic carbocycles. The maximum absolute atomic E-state index is 12.4. The highest BCUT2D eigenvalue weighted by atomic mass is 16.5. The second kappa shape index (κ2) is 8.75. The van der Waals surface area contributed by atoms with Crippen LogP contribution in [0.1, 0.15) is 48.9 Å². The molecule has 0 saturated heterocycles. The van der Waals surface area contributed by atoms with E-state index in [9.17, 15) is 4.79 Å². The molecule has 0 spiro atoms. The van der Waals surface area contributed by atoms with Crippen molar-refractivity contribution in [2.24, 2.45) is 0 Å². The van der Waals surface area contributed by atoms with E-state index in [2.05, 4.69) is 30.4 Å². The van der Waals surface area contributed by atoms with Gasteiger partial charge in [-0.15, -0.1) is 0 Å². The molecular formula is C22H27NO3. The van der Waals surface area contributed by atoms with Crippen molar-refractivity contribution in [2.75, 3.05) is 13.7 Å². The molecular weight excluding hydrogens is 326 g/mol. The number of ether oxygens (including phenoxy) is 2. The molecule has 0 unspecified atom stereocenters. The van der Waals surface area contributed by atoms with Crippen molar-refractivity contribution in [1.82, 2.24) is 5.32 Å². The maximum Gasteiger partial charge on any atom is 0.258 e. The van der Waals surface area contributed by atoms with Gasteiger partial charge < -0.3 is 14.8 Å². The van der Waals surface area contributed by atoms with Gasteiger partial charge in [0.25, 0.3) is 5.91 Å². The van der Waals surface area contributed by atoms with Gasteiger partial charge in [0.15, 0.2) is 18.1 Å². The lowest BCUT2D eigenvalue weighted by molar-refractivity contribution is -0.123. The first kappa shape index (κ1) is 18.3. The average molecular weight is 353 g/mol. The molecule has 4 heteroatoms. The number of para-hydroxylation sites is 2. The molecule has 0 aromatic heterocycles. The number of fused-ring (bicyclic) bond motifs is 1. The summed E-state index contributed by atoms with van der Waals surface area (Å²) in [6.45, 7) is 2.06. The molecule has 1 aliphatic carbocycles. The molecule has 2 aromatic rings. The zero-order valence-corrected chi connectivity index (χ0v) is 15.6. The number of aryl methyl sites for hydroxylation is 2. The van der Waals surface area contributed by atoms with Crippen LogP contribution >= 0.6 is 0 Å². The van der Waals surface area contributed by atoms with Crippen LogP contribution in [0.15, 0.2) is 42.5 Å². The molecule has 3 rings (SSSR count). The minimum absolute atomic E-state index is 0.0102. The molecule has 26 heavy (non-hydrogen) atoms. The number of carbonyl (C=O) groups is 1. The quantitative estimate of drug-likeness (QED) is 0.811. The van der Waals surface area contributed by atoms with E-state index in [1.54, 1.807) is 13.2 Å². The number of nitrogens with one attached hydrogen (secondary N) is 1. The summed E-state index contributed by atoms with van der Waals surface area (Å²) < 4.78 is 10.9. The van der Waals surface area contributed by atoms with Gasteiger partial charge in [-0.05, 0) is 60.9 Å². The van der Waals surface area contributed by atoms with Crippen molar-refractivity contribution in [3.8, 4) is 11.5 Å². The van der Waals surface area contributed by atoms with E-state index in [0.717, 1.165) is 12.8 Å². The summed E-state index contributed by atoms with van der Waals surface area (Å²) in [7, 11) is 1.59. The first-order valence-electron chi connectivity index (χ1n) is 9.38. The van der Waals surface area contributed by atoms with Crippen LogP contribution in [0.4, 0.5) is 0 Å². The van der Waals surface area contributed by atoms with Gasteiger partial charge in [-0.2, -0.15) is 0 Å². The number of amides is 1. The first-order valence-corrected chi connectivity index (χ1v) is 9.38. The summed E-state index contributed by atoms with van der Waals surface area (Å²) >= 11 is 0. The third kappa shape index (κ3) is 4.37. The van der Waals surface area contributed by atoms with E-state index >= 15 is 0 Å². The molecule has 138 valence electrons. The highest BCUT2D eigenvalue weighted by Crippen LogP contribution is 2.27. The third-order valence-electron chi connectivity index (χ3n) is 4.95. The van der Waals surface area contributed by atoms with Crippen LogP contribution in [0.25, 0.3) is 0 Å². The average Bonchev–Trinajstić information content (AvgIpc) is 2.70. The van der Waals surface area contributed by atoms with Gasteiger partial charge in [-0.1, -0.05) is 37.3 Å². The molecule has 0 bridgehead atoms. The predicted molar refractivity (Wildman–Crippen MR) is 103 cm³/mol. The van der Waals surface area contributed by atoms with Crippen molar-refractivity contribution < 1.29 is 14.3 Å². The number of carbonyl (C=O) groups excluding carboxylic acids is 1. The first-order chi connectivity index (χ1) is 12.7. The van der Waals surface area contributed by atoms with Crippen LogP contribution in [0, 0.1) is 0 Å². The second-order valence-corrected chi connectivity index (χ2v) is 6.70. The van der Waals surface area contributed by atoms with E-state index in [0.29, 0.717) is 11.5 Å². The van der Waals surface area contributed by atoms with Crippen molar-refractivity contribution in [3.05, 3.63) is 59.2 Å². The molecule has 1 atom stereocenters. The van der Waals surface area contributed by atoms with E-state index in [1.165, 1.54) is 36.0 Å². The maximum atomic E-state index is 12.4. The Morgan fingerprint density at radius 2 is 1.81 bits per heavy atom. The summed E-state index contributed by atoms with van der Waals surface area (Å²) in [4.78, 5) is 12.4. The molecule has 1 amide bonds. The summed E-state index contributed by atoms with van der Waals surface area (Å²) in [6.07, 6.45) is 5.70. The third-order valence-corrected chi connectivity index (χ3v) is 4.95. The van der Waals surface area contributed by atoms with Gasteiger partial charge in [0.2, 0.25) is 0 Å². The molecule has 1 N–H and O–H groups in total. The van der Waals surface area contributed by atoms with Crippen LogP contribution in [-0.4, -0.2) is 19.6 Å². The Morgan fingerprint density at radius 3 is 2.54 bits per heavy atom. The standard InChI is InChI=1S/C22H27NO3/c1-3-19(18-13-12-16-8-4-5-9-17(16)14-18)23-22(24)15-26-21-11-7-6-10-20(21)25-2/h6-7,10-14,19H,3-5,8-9,15H2,1-2H3,(H,23,24)/t19-/m0/s1. The lowest BCUT2D eigenvalue weighted by Crippen LogP contribution is -2.32. The fraction of sp³-hybridized carbons (Fsp3) is 0.409. The lowest BCUT2D eigenvalue weighted by Gasteiger charge is -2.22. The largest absolute Gasteiger partial charge is 0.493 e. The van der Waals surface area contributed by atoms with Gasteiger partial charge >= 0.3 is 0 Å². The van der Waals surface area contributed by atoms with Crippen LogP contribution in [0.2, 0.25) is 0 Å². The zero-order valence-electron chi connectivity index (χ0n) is 15.6. The summed E-state index contributed by atoms with van der Waals surface area (Å²) in [5.74, 6) is 1.08. The normalized spacial score (nSPS) is 14.2. The SMILES string of the molecule is CC[C@H](NC(=O)COc1ccccc1OC)c1ccc2c(c1)CCCC2. The van der Waals surface area contributed by atoms with E-state index in [1.807, 2.05) is 18.2 Å². The number of rotatable bonds is 7. The smallest absolute Gasteiger partial charge is 0.258 e. The lowest BCUT2D eigenvalue weighted by atomic mass is 9.89. The minimum atomic E-state index is -0.125. The number of hydrogen-bond acceptors (Lipinski definition) is 3. The Balaban J connectivity index is 1.61. The van der Waals surface area contributed by atoms with Gasteiger partial charge in [0.1, 0.15) is 0 Å². The minimum Gasteiger partial charge on any atom is -0.493 e. The van der Waals surface area contributed by atoms with Crippen molar-refractivity contribution in [3.63, 3.8) is 0 Å². The Bertz CT molecular complexity index is 757. The second-order valence-electron chi connectivity index (χ2n) is 6.70. The number of methoxy groups -OCH3 is 1. The van der Waals surface area contributed by atoms with Crippen molar-refractivity contribution >= 4 is 5.91 Å². The fourth-order valence-electron chi connectivity index (χ4n) is 3.51. The molecule has 0 heterocycles. The van der Waals surface area contributed by atoms with E-state index in [4.69, 9.17) is 9.47 Å². The molecule has 4 nitrogen and oxygen atoms in total. The van der Waals surface area contributed by atoms with Crippen molar-refractivity contribution in [2.45, 2.75) is 45.1 Å². The highest BCUT2D eigenvalue weighted by Gasteiger charge is 2.17. The van der Waals surface area contributed by atoms with Crippen LogP contribution in [0.5, 0.6) is 11.5 Å². The summed E-state index contributed by atoms with van der Waals surface area (Å²) in [5.41, 5.74) is 4.08. The number of benzene rings is 2. The Morgan fingerprint density at radius 1 is 1.08 bits per heavy atom. The van der Waals surface area contributed by atoms with E-state index < -0.39 is 0 Å². The molecule has 0 radical (unpaired) electrons. The zero-order chi connectivity index (χ0) is 18.4. The van der Waals surface area contributed by atoms with Gasteiger partial charge in [0, 0.05) is 0 Å². The van der Waals surface area contributed by atoms with Gasteiger partial charge in [-0.25, -0.2) is 0 Å². The summed E-state index contributed by atoms with van der Waals surface area (Å²) in [5, 5.41) is 3.09. The van der Waals surface area contributed by atoms with Crippen molar-refractivity contribution in [1.29, 1.82) is 0 Å². The monoisotopic (exact) mass is 353 g/mol. The van der Waals surface area contributed by atoms with Crippen LogP contribution in [0.3, 0.4) is 0 Å². The highest BCUT2D eigenvalue weighted by molar-refractivity contribution is 5.78. The number of hydrogen-bond donors (Lipinski definition) is 1. The van der Waals surface area contributed by atoms with Crippen LogP contribution < -0.4 is 14.8 Å². The topological polar surface area (TPSA) is 47.6 Å². The van der Waals surface area contributed by atoms with Gasteiger partial charge in [-0.3, -0.25) is 4.79 Å². The Kier molecular flexibility index (Phi) is 6.16. The van der Waals surface area contributed by atoms with Gasteiger partial charge in [0.05, 0.1) is 13.2 Å². The molecule has 0 fully saturated rings. The predicted octanol–water partition coefficient (Wildman–Crippen LogP) is 4.22. The molecule has 0 saturated carbocycles.